The molecule has 0 aliphatic carbocycles. The van der Waals surface area contributed by atoms with Crippen LogP contribution in [-0.2, 0) is 11.2 Å². The second kappa shape index (κ2) is 6.44. The molecule has 0 saturated carbocycles. The van der Waals surface area contributed by atoms with E-state index in [1.54, 1.807) is 14.1 Å². The number of nitrogens with zero attached hydrogens (tertiary/aromatic N) is 2. The fraction of sp³-hybridized carbons (Fsp3) is 0.444. The highest BCUT2D eigenvalue weighted by atomic mass is 35.5. The van der Waals surface area contributed by atoms with Gasteiger partial charge in [0.1, 0.15) is 4.88 Å². The van der Waals surface area contributed by atoms with E-state index in [1.807, 2.05) is 0 Å². The van der Waals surface area contributed by atoms with Crippen molar-refractivity contribution < 1.29 is 9.59 Å². The molecule has 0 aromatic carbocycles. The Bertz CT molecular complexity index is 379. The maximum atomic E-state index is 11.3. The maximum absolute atomic E-state index is 11.3. The van der Waals surface area contributed by atoms with Gasteiger partial charge in [0.15, 0.2) is 0 Å². The van der Waals surface area contributed by atoms with E-state index in [1.165, 1.54) is 22.4 Å². The van der Waals surface area contributed by atoms with E-state index >= 15 is 0 Å². The van der Waals surface area contributed by atoms with Crippen molar-refractivity contribution in [2.24, 2.45) is 5.73 Å². The molecule has 0 saturated heterocycles. The van der Waals surface area contributed by atoms with Gasteiger partial charge in [0.2, 0.25) is 5.91 Å². The number of aromatic nitrogens is 1. The summed E-state index contributed by atoms with van der Waals surface area (Å²) in [5, 5.41) is 0.763. The van der Waals surface area contributed by atoms with Crippen molar-refractivity contribution in [1.82, 2.24) is 9.88 Å². The molecule has 0 unspecified atom stereocenters. The molecular weight excluding hydrogens is 250 g/mol. The number of halogens is 1. The normalized spacial score (nSPS) is 9.38. The molecule has 0 atom stereocenters. The largest absolute Gasteiger partial charge is 0.365 e. The zero-order chi connectivity index (χ0) is 11.4. The summed E-state index contributed by atoms with van der Waals surface area (Å²) in [6.45, 7) is 0. The summed E-state index contributed by atoms with van der Waals surface area (Å²) < 4.78 is 0. The van der Waals surface area contributed by atoms with Gasteiger partial charge in [-0.1, -0.05) is 0 Å². The first-order valence-electron chi connectivity index (χ1n) is 4.45. The third-order valence-electron chi connectivity index (χ3n) is 1.85. The molecule has 0 spiro atoms. The average Bonchev–Trinajstić information content (AvgIpc) is 2.62. The molecule has 2 amide bonds. The Kier molecular flexibility index (Phi) is 5.98. The number of hydrogen-bond donors (Lipinski definition) is 1. The molecule has 5 nitrogen and oxygen atoms in total. The molecule has 1 aromatic heterocycles. The number of nitrogens with two attached hydrogens (primary N) is 1. The van der Waals surface area contributed by atoms with Crippen molar-refractivity contribution in [2.75, 3.05) is 14.1 Å². The summed E-state index contributed by atoms with van der Waals surface area (Å²) in [5.41, 5.74) is 5.09. The number of rotatable bonds is 4. The molecule has 0 aliphatic rings. The van der Waals surface area contributed by atoms with Crippen molar-refractivity contribution in [3.63, 3.8) is 0 Å². The molecule has 1 rings (SSSR count). The fourth-order valence-corrected chi connectivity index (χ4v) is 1.75. The molecule has 1 heterocycles. The minimum absolute atomic E-state index is 0. The minimum atomic E-state index is -0.474. The van der Waals surface area contributed by atoms with Crippen molar-refractivity contribution in [1.29, 1.82) is 0 Å². The number of carbonyl (C=O) groups excluding carboxylic acids is 2. The summed E-state index contributed by atoms with van der Waals surface area (Å²) in [6, 6.07) is 0. The topological polar surface area (TPSA) is 76.3 Å². The van der Waals surface area contributed by atoms with E-state index in [9.17, 15) is 9.59 Å². The zero-order valence-corrected chi connectivity index (χ0v) is 10.7. The van der Waals surface area contributed by atoms with E-state index in [4.69, 9.17) is 5.73 Å². The number of hydrogen-bond acceptors (Lipinski definition) is 4. The number of aryl methyl sites for hydroxylation is 1. The lowest BCUT2D eigenvalue weighted by atomic mass is 10.3. The van der Waals surface area contributed by atoms with Crippen LogP contribution in [0.2, 0.25) is 0 Å². The summed E-state index contributed by atoms with van der Waals surface area (Å²) in [6.07, 6.45) is 2.40. The Morgan fingerprint density at radius 2 is 2.12 bits per heavy atom. The van der Waals surface area contributed by atoms with Crippen LogP contribution in [0.3, 0.4) is 0 Å². The van der Waals surface area contributed by atoms with Gasteiger partial charge < -0.3 is 10.6 Å². The summed E-state index contributed by atoms with van der Waals surface area (Å²) in [5.74, 6) is -0.427. The SMILES string of the molecule is CN(C)C(=O)CCc1ncc(C(N)=O)s1.Cl. The van der Waals surface area contributed by atoms with E-state index in [-0.39, 0.29) is 18.3 Å². The first kappa shape index (κ1) is 14.9. The molecule has 2 N–H and O–H groups in total. The van der Waals surface area contributed by atoms with Crippen LogP contribution in [0.15, 0.2) is 6.20 Å². The Morgan fingerprint density at radius 1 is 1.50 bits per heavy atom. The quantitative estimate of drug-likeness (QED) is 0.868. The number of thiazole rings is 1. The van der Waals surface area contributed by atoms with Gasteiger partial charge in [0.25, 0.3) is 5.91 Å². The van der Waals surface area contributed by atoms with Gasteiger partial charge in [0, 0.05) is 26.9 Å². The highest BCUT2D eigenvalue weighted by Crippen LogP contribution is 2.14. The third kappa shape index (κ3) is 4.16. The predicted molar refractivity (Wildman–Crippen MR) is 64.9 cm³/mol. The van der Waals surface area contributed by atoms with Gasteiger partial charge in [-0.05, 0) is 0 Å². The van der Waals surface area contributed by atoms with Crippen LogP contribution in [0.5, 0.6) is 0 Å². The first-order chi connectivity index (χ1) is 7.00. The number of carbonyl (C=O) groups is 2. The van der Waals surface area contributed by atoms with Gasteiger partial charge in [-0.25, -0.2) is 4.98 Å². The van der Waals surface area contributed by atoms with Crippen LogP contribution in [-0.4, -0.2) is 35.8 Å². The second-order valence-electron chi connectivity index (χ2n) is 3.27. The Labute approximate surface area is 104 Å². The van der Waals surface area contributed by atoms with Gasteiger partial charge in [-0.3, -0.25) is 9.59 Å². The molecule has 0 aliphatic heterocycles. The van der Waals surface area contributed by atoms with E-state index < -0.39 is 5.91 Å². The van der Waals surface area contributed by atoms with Gasteiger partial charge in [-0.2, -0.15) is 0 Å². The summed E-state index contributed by atoms with van der Waals surface area (Å²) in [4.78, 5) is 28.0. The highest BCUT2D eigenvalue weighted by Gasteiger charge is 2.09. The van der Waals surface area contributed by atoms with Crippen molar-refractivity contribution in [3.8, 4) is 0 Å². The smallest absolute Gasteiger partial charge is 0.260 e. The molecule has 16 heavy (non-hydrogen) atoms. The van der Waals surface area contributed by atoms with Crippen LogP contribution in [0.1, 0.15) is 21.1 Å². The van der Waals surface area contributed by atoms with Crippen LogP contribution >= 0.6 is 23.7 Å². The van der Waals surface area contributed by atoms with Gasteiger partial charge >= 0.3 is 0 Å². The maximum Gasteiger partial charge on any atom is 0.260 e. The van der Waals surface area contributed by atoms with Crippen molar-refractivity contribution in [2.45, 2.75) is 12.8 Å². The first-order valence-corrected chi connectivity index (χ1v) is 5.27. The lowest BCUT2D eigenvalue weighted by Crippen LogP contribution is -2.21. The monoisotopic (exact) mass is 263 g/mol. The Morgan fingerprint density at radius 3 is 2.56 bits per heavy atom. The zero-order valence-electron chi connectivity index (χ0n) is 9.10. The molecule has 0 bridgehead atoms. The minimum Gasteiger partial charge on any atom is -0.365 e. The second-order valence-corrected chi connectivity index (χ2v) is 4.39. The van der Waals surface area contributed by atoms with Gasteiger partial charge in [0.05, 0.1) is 11.2 Å². The van der Waals surface area contributed by atoms with Crippen LogP contribution in [0.25, 0.3) is 0 Å². The number of primary amides is 1. The van der Waals surface area contributed by atoms with Crippen molar-refractivity contribution >= 4 is 35.6 Å². The average molecular weight is 264 g/mol. The molecule has 7 heteroatoms. The number of amides is 2. The standard InChI is InChI=1S/C9H13N3O2S.ClH/c1-12(2)8(13)4-3-7-11-5-6(15-7)9(10)14;/h5H,3-4H2,1-2H3,(H2,10,14);1H. The lowest BCUT2D eigenvalue weighted by molar-refractivity contribution is -0.128. The third-order valence-corrected chi connectivity index (χ3v) is 2.92. The highest BCUT2D eigenvalue weighted by molar-refractivity contribution is 7.13. The molecular formula is C9H14ClN3O2S. The molecule has 0 radical (unpaired) electrons. The van der Waals surface area contributed by atoms with E-state index in [0.29, 0.717) is 17.7 Å². The van der Waals surface area contributed by atoms with Gasteiger partial charge in [-0.15, -0.1) is 23.7 Å². The van der Waals surface area contributed by atoms with Crippen LogP contribution in [0, 0.1) is 0 Å². The van der Waals surface area contributed by atoms with E-state index in [0.717, 1.165) is 5.01 Å². The molecule has 90 valence electrons. The molecule has 0 fully saturated rings. The van der Waals surface area contributed by atoms with Crippen LogP contribution < -0.4 is 5.73 Å². The molecule has 1 aromatic rings. The van der Waals surface area contributed by atoms with Crippen molar-refractivity contribution in [3.05, 3.63) is 16.1 Å². The fourth-order valence-electron chi connectivity index (χ4n) is 0.977. The predicted octanol–water partition coefficient (Wildman–Crippen LogP) is 0.685. The van der Waals surface area contributed by atoms with Crippen LogP contribution in [0.4, 0.5) is 0 Å². The Balaban J connectivity index is 0.00000225. The summed E-state index contributed by atoms with van der Waals surface area (Å²) >= 11 is 1.24. The van der Waals surface area contributed by atoms with E-state index in [2.05, 4.69) is 4.98 Å². The Hall–Kier alpha value is -1.14. The summed E-state index contributed by atoms with van der Waals surface area (Å²) in [7, 11) is 3.41. The lowest BCUT2D eigenvalue weighted by Gasteiger charge is -2.08.